The second-order valence-electron chi connectivity index (χ2n) is 5.65. The molecule has 2 heterocycles. The van der Waals surface area contributed by atoms with Gasteiger partial charge in [-0.2, -0.15) is 13.5 Å². The summed E-state index contributed by atoms with van der Waals surface area (Å²) in [7, 11) is -4.78. The molecule has 11 heteroatoms. The van der Waals surface area contributed by atoms with Gasteiger partial charge in [-0.1, -0.05) is 0 Å². The van der Waals surface area contributed by atoms with Gasteiger partial charge in [0.1, 0.15) is 6.04 Å². The first-order chi connectivity index (χ1) is 10.3. The summed E-state index contributed by atoms with van der Waals surface area (Å²) >= 11 is 0. The fourth-order valence-electron chi connectivity index (χ4n) is 2.80. The quantitative estimate of drug-likeness (QED) is 0.517. The van der Waals surface area contributed by atoms with E-state index in [9.17, 15) is 18.0 Å². The Morgan fingerprint density at radius 1 is 1.27 bits per heavy atom. The molecule has 0 unspecified atom stereocenters. The van der Waals surface area contributed by atoms with E-state index in [1.807, 2.05) is 0 Å². The van der Waals surface area contributed by atoms with E-state index < -0.39 is 34.4 Å². The van der Waals surface area contributed by atoms with Gasteiger partial charge < -0.3 is 4.90 Å². The molecule has 2 saturated heterocycles. The van der Waals surface area contributed by atoms with Crippen molar-refractivity contribution in [1.29, 1.82) is 0 Å². The number of urea groups is 1. The van der Waals surface area contributed by atoms with Crippen LogP contribution in [-0.4, -0.2) is 59.6 Å². The van der Waals surface area contributed by atoms with Gasteiger partial charge in [0.15, 0.2) is 0 Å². The summed E-state index contributed by atoms with van der Waals surface area (Å²) < 4.78 is 34.5. The normalized spacial score (nSPS) is 28.7. The number of carbonyl (C=O) groups is 2. The van der Waals surface area contributed by atoms with Crippen LogP contribution in [0.3, 0.4) is 0 Å². The minimum absolute atomic E-state index is 0.0222. The fourth-order valence-corrected chi connectivity index (χ4v) is 3.19. The van der Waals surface area contributed by atoms with Gasteiger partial charge in [0, 0.05) is 6.54 Å². The summed E-state index contributed by atoms with van der Waals surface area (Å²) in [5, 5.41) is 0.607. The number of piperidine rings is 1. The van der Waals surface area contributed by atoms with Crippen LogP contribution in [0, 0.1) is 0 Å². The largest absolute Gasteiger partial charge is 0.418 e. The van der Waals surface area contributed by atoms with Gasteiger partial charge in [0.2, 0.25) is 0 Å². The van der Waals surface area contributed by atoms with Crippen molar-refractivity contribution < 1.29 is 31.7 Å². The Balaban J connectivity index is 1.62. The predicted octanol–water partition coefficient (Wildman–Crippen LogP) is -0.410. The average molecular weight is 335 g/mol. The lowest BCUT2D eigenvalue weighted by Crippen LogP contribution is -2.50. The first-order valence-corrected chi connectivity index (χ1v) is 8.44. The predicted molar refractivity (Wildman–Crippen MR) is 70.3 cm³/mol. The number of nitrogens with one attached hydrogen (secondary N) is 1. The van der Waals surface area contributed by atoms with Crippen molar-refractivity contribution in [2.75, 3.05) is 6.54 Å². The second kappa shape index (κ2) is 5.65. The summed E-state index contributed by atoms with van der Waals surface area (Å²) in [6.45, 7) is 0.163. The van der Waals surface area contributed by atoms with Crippen LogP contribution in [0.5, 0.6) is 0 Å². The highest BCUT2D eigenvalue weighted by molar-refractivity contribution is 7.80. The van der Waals surface area contributed by atoms with Crippen LogP contribution in [0.2, 0.25) is 0 Å². The SMILES string of the molecule is O=C(NOC1CCC1)[C@@H]1CC[C@@H]2CN1C(=O)N2OS(=O)(=O)O. The molecule has 0 radical (unpaired) electrons. The molecule has 1 aliphatic carbocycles. The molecule has 0 spiro atoms. The molecule has 10 nitrogen and oxygen atoms in total. The van der Waals surface area contributed by atoms with E-state index in [4.69, 9.17) is 9.39 Å². The van der Waals surface area contributed by atoms with E-state index in [2.05, 4.69) is 9.76 Å². The van der Waals surface area contributed by atoms with Gasteiger partial charge in [-0.25, -0.2) is 10.3 Å². The molecule has 2 aliphatic heterocycles. The van der Waals surface area contributed by atoms with E-state index in [1.165, 1.54) is 4.90 Å². The molecular formula is C11H17N3O7S. The number of amides is 3. The topological polar surface area (TPSA) is 125 Å². The lowest BCUT2D eigenvalue weighted by atomic mass is 9.97. The Kier molecular flexibility index (Phi) is 3.97. The van der Waals surface area contributed by atoms with Gasteiger partial charge in [-0.15, -0.1) is 4.28 Å². The lowest BCUT2D eigenvalue weighted by Gasteiger charge is -2.30. The van der Waals surface area contributed by atoms with Gasteiger partial charge in [-0.05, 0) is 32.1 Å². The number of nitrogens with zero attached hydrogens (tertiary/aromatic N) is 2. The Morgan fingerprint density at radius 3 is 2.59 bits per heavy atom. The number of hydrogen-bond donors (Lipinski definition) is 2. The molecule has 124 valence electrons. The number of fused-ring (bicyclic) bond motifs is 2. The molecule has 3 fully saturated rings. The molecule has 1 saturated carbocycles. The van der Waals surface area contributed by atoms with E-state index in [0.29, 0.717) is 17.9 Å². The Labute approximate surface area is 127 Å². The number of hydrogen-bond acceptors (Lipinski definition) is 6. The molecule has 2 atom stereocenters. The van der Waals surface area contributed by atoms with Crippen LogP contribution in [0.15, 0.2) is 0 Å². The zero-order valence-corrected chi connectivity index (χ0v) is 12.5. The van der Waals surface area contributed by atoms with E-state index >= 15 is 0 Å². The smallest absolute Gasteiger partial charge is 0.309 e. The average Bonchev–Trinajstić information content (AvgIpc) is 2.61. The first-order valence-electron chi connectivity index (χ1n) is 7.07. The molecule has 22 heavy (non-hydrogen) atoms. The van der Waals surface area contributed by atoms with Crippen LogP contribution < -0.4 is 5.48 Å². The molecule has 0 aromatic heterocycles. The third-order valence-corrected chi connectivity index (χ3v) is 4.53. The van der Waals surface area contributed by atoms with Crippen molar-refractivity contribution in [2.24, 2.45) is 0 Å². The second-order valence-corrected chi connectivity index (χ2v) is 6.65. The number of rotatable bonds is 5. The Morgan fingerprint density at radius 2 is 2.00 bits per heavy atom. The maximum Gasteiger partial charge on any atom is 0.418 e. The van der Waals surface area contributed by atoms with Gasteiger partial charge in [0.05, 0.1) is 12.1 Å². The first kappa shape index (κ1) is 15.5. The summed E-state index contributed by atoms with van der Waals surface area (Å²) in [6, 6.07) is -2.01. The van der Waals surface area contributed by atoms with Crippen molar-refractivity contribution in [3.63, 3.8) is 0 Å². The number of hydroxylamine groups is 3. The zero-order chi connectivity index (χ0) is 15.9. The molecule has 2 bridgehead atoms. The monoisotopic (exact) mass is 335 g/mol. The lowest BCUT2D eigenvalue weighted by molar-refractivity contribution is -0.148. The summed E-state index contributed by atoms with van der Waals surface area (Å²) in [4.78, 5) is 30.7. The summed E-state index contributed by atoms with van der Waals surface area (Å²) in [5.74, 6) is -0.438. The maximum absolute atomic E-state index is 12.1. The van der Waals surface area contributed by atoms with Crippen molar-refractivity contribution in [3.8, 4) is 0 Å². The summed E-state index contributed by atoms with van der Waals surface area (Å²) in [5.41, 5.74) is 2.36. The van der Waals surface area contributed by atoms with E-state index in [1.54, 1.807) is 0 Å². The molecule has 3 amide bonds. The molecule has 2 N–H and O–H groups in total. The van der Waals surface area contributed by atoms with Crippen LogP contribution in [-0.2, 0) is 24.3 Å². The van der Waals surface area contributed by atoms with Crippen molar-refractivity contribution >= 4 is 22.3 Å². The van der Waals surface area contributed by atoms with Gasteiger partial charge in [0.25, 0.3) is 5.91 Å². The van der Waals surface area contributed by atoms with E-state index in [-0.39, 0.29) is 12.6 Å². The Bertz CT molecular complexity index is 576. The van der Waals surface area contributed by atoms with Crippen molar-refractivity contribution in [1.82, 2.24) is 15.4 Å². The highest BCUT2D eigenvalue weighted by Crippen LogP contribution is 2.31. The van der Waals surface area contributed by atoms with Crippen LogP contribution >= 0.6 is 0 Å². The van der Waals surface area contributed by atoms with Crippen molar-refractivity contribution in [2.45, 2.75) is 50.3 Å². The molecule has 0 aromatic carbocycles. The molecule has 3 aliphatic rings. The highest BCUT2D eigenvalue weighted by Gasteiger charge is 2.49. The van der Waals surface area contributed by atoms with Crippen LogP contribution in [0.4, 0.5) is 4.79 Å². The molecule has 3 rings (SSSR count). The fraction of sp³-hybridized carbons (Fsp3) is 0.818. The minimum atomic E-state index is -4.78. The molecule has 0 aromatic rings. The standard InChI is InChI=1S/C11H17N3O7S/c15-10(12-20-8-2-1-3-8)9-5-4-7-6-13(9)11(16)14(7)21-22(17,18)19/h7-9H,1-6H2,(H,12,15)(H,17,18,19)/t7-,9+/m1/s1. The Hall–Kier alpha value is -1.43. The highest BCUT2D eigenvalue weighted by atomic mass is 32.3. The van der Waals surface area contributed by atoms with E-state index in [0.717, 1.165) is 19.3 Å². The van der Waals surface area contributed by atoms with Crippen LogP contribution in [0.25, 0.3) is 0 Å². The third kappa shape index (κ3) is 3.02. The maximum atomic E-state index is 12.1. The van der Waals surface area contributed by atoms with Gasteiger partial charge >= 0.3 is 16.4 Å². The third-order valence-electron chi connectivity index (χ3n) is 4.18. The zero-order valence-electron chi connectivity index (χ0n) is 11.7. The minimum Gasteiger partial charge on any atom is -0.309 e. The summed E-state index contributed by atoms with van der Waals surface area (Å²) in [6.07, 6.45) is 3.63. The van der Waals surface area contributed by atoms with Gasteiger partial charge in [-0.3, -0.25) is 14.2 Å². The number of carbonyl (C=O) groups excluding carboxylic acids is 2. The van der Waals surface area contributed by atoms with Crippen LogP contribution in [0.1, 0.15) is 32.1 Å². The molecular weight excluding hydrogens is 318 g/mol. The van der Waals surface area contributed by atoms with Crippen molar-refractivity contribution in [3.05, 3.63) is 0 Å².